The first kappa shape index (κ1) is 25.0. The molecule has 3 heterocycles. The first-order valence-electron chi connectivity index (χ1n) is 13.5. The zero-order valence-electron chi connectivity index (χ0n) is 21.8. The molecule has 0 unspecified atom stereocenters. The van der Waals surface area contributed by atoms with Crippen molar-refractivity contribution in [3.63, 3.8) is 0 Å². The lowest BCUT2D eigenvalue weighted by Gasteiger charge is -2.48. The van der Waals surface area contributed by atoms with E-state index in [1.54, 1.807) is 0 Å². The molecular formula is C30H30BrN6OP. The van der Waals surface area contributed by atoms with Gasteiger partial charge in [-0.2, -0.15) is 5.10 Å². The van der Waals surface area contributed by atoms with E-state index in [1.165, 1.54) is 0 Å². The molecule has 0 bridgehead atoms. The molecule has 39 heavy (non-hydrogen) atoms. The van der Waals surface area contributed by atoms with Gasteiger partial charge < -0.3 is 9.41 Å². The monoisotopic (exact) mass is 600 g/mol. The molecule has 1 aromatic heterocycles. The van der Waals surface area contributed by atoms with Crippen LogP contribution in [0.5, 0.6) is 0 Å². The van der Waals surface area contributed by atoms with Crippen molar-refractivity contribution in [1.82, 2.24) is 19.1 Å². The van der Waals surface area contributed by atoms with Crippen LogP contribution >= 0.6 is 23.3 Å². The third kappa shape index (κ3) is 4.30. The van der Waals surface area contributed by atoms with E-state index in [0.29, 0.717) is 19.3 Å². The molecular weight excluding hydrogens is 571 g/mol. The van der Waals surface area contributed by atoms with E-state index in [-0.39, 0.29) is 0 Å². The Morgan fingerprint density at radius 2 is 1.56 bits per heavy atom. The lowest BCUT2D eigenvalue weighted by Crippen LogP contribution is -2.47. The molecule has 1 atom stereocenters. The Bertz CT molecular complexity index is 1590. The minimum absolute atomic E-state index is 0.374. The van der Waals surface area contributed by atoms with E-state index < -0.39 is 7.36 Å². The number of para-hydroxylation sites is 1. The summed E-state index contributed by atoms with van der Waals surface area (Å²) in [5.74, 6) is 1.86. The molecule has 198 valence electrons. The predicted molar refractivity (Wildman–Crippen MR) is 161 cm³/mol. The van der Waals surface area contributed by atoms with Gasteiger partial charge in [0.15, 0.2) is 13.2 Å². The first-order chi connectivity index (χ1) is 19.2. The fourth-order valence-corrected chi connectivity index (χ4v) is 10.4. The number of ether oxygens (including phenoxy) is 1. The second-order valence-corrected chi connectivity index (χ2v) is 13.7. The number of rotatable bonds is 5. The van der Waals surface area contributed by atoms with Crippen LogP contribution < -0.4 is 5.30 Å². The average Bonchev–Trinajstić information content (AvgIpc) is 3.77. The number of hydrogen-bond donors (Lipinski definition) is 0. The molecule has 2 fully saturated rings. The molecule has 7 nitrogen and oxygen atoms in total. The summed E-state index contributed by atoms with van der Waals surface area (Å²) in [5, 5.41) is 6.29. The van der Waals surface area contributed by atoms with Crippen LogP contribution in [0.1, 0.15) is 24.1 Å². The van der Waals surface area contributed by atoms with E-state index in [2.05, 4.69) is 105 Å². The van der Waals surface area contributed by atoms with Crippen LogP contribution in [0, 0.1) is 6.92 Å². The second-order valence-electron chi connectivity index (χ2n) is 10.1. The molecule has 3 aliphatic rings. The molecule has 3 aromatic carbocycles. The fourth-order valence-electron chi connectivity index (χ4n) is 5.56. The van der Waals surface area contributed by atoms with Gasteiger partial charge in [-0.3, -0.25) is 0 Å². The maximum absolute atomic E-state index is 5.88. The Balaban J connectivity index is 1.61. The van der Waals surface area contributed by atoms with Crippen LogP contribution in [0.2, 0.25) is 0 Å². The summed E-state index contributed by atoms with van der Waals surface area (Å²) in [5.41, 5.74) is 4.04. The number of halogens is 1. The standard InChI is InChI=1S/C30H30BrN6OP/c1-22-28-30(36(33-22)24-12-6-3-7-13-24)32-29(23-10-4-2-5-11-23)37(25-16-17-25)39(28,35-18-20-38-21-19-35)34-27-15-9-8-14-26(27)31/h2-15,25H,16-21H2,1H3/t39-/m0/s1. The molecule has 9 heteroatoms. The Hall–Kier alpha value is -3.03. The number of nitrogens with zero attached hydrogens (tertiary/aromatic N) is 6. The topological polar surface area (TPSA) is 58.3 Å². The van der Waals surface area contributed by atoms with Gasteiger partial charge in [0.2, 0.25) is 0 Å². The van der Waals surface area contributed by atoms with Gasteiger partial charge in [-0.15, -0.1) is 0 Å². The van der Waals surface area contributed by atoms with E-state index in [9.17, 15) is 0 Å². The van der Waals surface area contributed by atoms with Crippen molar-refractivity contribution < 1.29 is 4.74 Å². The van der Waals surface area contributed by atoms with Crippen molar-refractivity contribution in [2.24, 2.45) is 9.74 Å². The van der Waals surface area contributed by atoms with Gasteiger partial charge in [-0.05, 0) is 60.0 Å². The number of amidine groups is 1. The lowest BCUT2D eigenvalue weighted by atomic mass is 10.2. The maximum atomic E-state index is 5.88. The zero-order valence-corrected chi connectivity index (χ0v) is 24.3. The highest BCUT2D eigenvalue weighted by Gasteiger charge is 2.51. The van der Waals surface area contributed by atoms with Crippen molar-refractivity contribution in [2.45, 2.75) is 25.8 Å². The Labute approximate surface area is 237 Å². The molecule has 2 aliphatic heterocycles. The average molecular weight is 601 g/mol. The molecule has 1 saturated heterocycles. The molecule has 0 N–H and O–H groups in total. The van der Waals surface area contributed by atoms with Gasteiger partial charge in [0.25, 0.3) is 0 Å². The van der Waals surface area contributed by atoms with Gasteiger partial charge in [0.05, 0.1) is 35.6 Å². The SMILES string of the molecule is Cc1nn(-c2ccccc2)c2c1[P@](=Nc1ccccc1Br)(N1CCOCC1)N(C1CC1)C(c1ccccc1)=N2. The normalized spacial score (nSPS) is 21.4. The first-order valence-corrected chi connectivity index (χ1v) is 15.9. The van der Waals surface area contributed by atoms with Crippen LogP contribution in [-0.4, -0.2) is 57.3 Å². The number of benzene rings is 3. The van der Waals surface area contributed by atoms with Crippen LogP contribution in [0.25, 0.3) is 5.69 Å². The van der Waals surface area contributed by atoms with Gasteiger partial charge in [-0.1, -0.05) is 60.7 Å². The number of aromatic nitrogens is 2. The molecule has 1 aliphatic carbocycles. The van der Waals surface area contributed by atoms with Crippen molar-refractivity contribution in [3.8, 4) is 5.69 Å². The third-order valence-electron chi connectivity index (χ3n) is 7.44. The maximum Gasteiger partial charge on any atom is 0.170 e. The summed E-state index contributed by atoms with van der Waals surface area (Å²) in [7, 11) is -2.60. The van der Waals surface area contributed by atoms with Gasteiger partial charge >= 0.3 is 0 Å². The minimum atomic E-state index is -2.60. The highest BCUT2D eigenvalue weighted by Crippen LogP contribution is 2.65. The summed E-state index contributed by atoms with van der Waals surface area (Å²) in [6, 6.07) is 29.6. The highest BCUT2D eigenvalue weighted by atomic mass is 79.9. The molecule has 4 aromatic rings. The molecule has 7 rings (SSSR count). The Morgan fingerprint density at radius 1 is 0.897 bits per heavy atom. The summed E-state index contributed by atoms with van der Waals surface area (Å²) < 4.78 is 19.9. The van der Waals surface area contributed by atoms with Crippen LogP contribution in [-0.2, 0) is 4.74 Å². The highest BCUT2D eigenvalue weighted by molar-refractivity contribution is 9.10. The third-order valence-corrected chi connectivity index (χ3v) is 12.0. The molecule has 0 amide bonds. The summed E-state index contributed by atoms with van der Waals surface area (Å²) in [4.78, 5) is 5.45. The molecule has 1 saturated carbocycles. The predicted octanol–water partition coefficient (Wildman–Crippen LogP) is 6.82. The minimum Gasteiger partial charge on any atom is -0.379 e. The van der Waals surface area contributed by atoms with E-state index in [4.69, 9.17) is 19.6 Å². The van der Waals surface area contributed by atoms with Crippen LogP contribution in [0.3, 0.4) is 0 Å². The van der Waals surface area contributed by atoms with Crippen LogP contribution in [0.4, 0.5) is 11.5 Å². The van der Waals surface area contributed by atoms with Crippen LogP contribution in [0.15, 0.2) is 99.1 Å². The van der Waals surface area contributed by atoms with E-state index in [1.807, 2.05) is 16.8 Å². The Morgan fingerprint density at radius 3 is 2.26 bits per heavy atom. The molecule has 0 radical (unpaired) electrons. The van der Waals surface area contributed by atoms with Crippen molar-refractivity contribution >= 4 is 45.9 Å². The number of hydrogen-bond acceptors (Lipinski definition) is 4. The molecule has 0 spiro atoms. The van der Waals surface area contributed by atoms with E-state index >= 15 is 0 Å². The zero-order chi connectivity index (χ0) is 26.4. The Kier molecular flexibility index (Phi) is 6.52. The van der Waals surface area contributed by atoms with Crippen molar-refractivity contribution in [1.29, 1.82) is 0 Å². The number of aliphatic imine (C=N–C) groups is 1. The van der Waals surface area contributed by atoms with E-state index in [0.717, 1.165) is 70.0 Å². The van der Waals surface area contributed by atoms with Gasteiger partial charge in [-0.25, -0.2) is 19.1 Å². The summed E-state index contributed by atoms with van der Waals surface area (Å²) in [6.45, 7) is 5.11. The van der Waals surface area contributed by atoms with Gasteiger partial charge in [0.1, 0.15) is 5.84 Å². The number of fused-ring (bicyclic) bond motifs is 1. The summed E-state index contributed by atoms with van der Waals surface area (Å²) >= 11 is 3.82. The van der Waals surface area contributed by atoms with Crippen molar-refractivity contribution in [2.75, 3.05) is 26.3 Å². The number of aryl methyl sites for hydroxylation is 1. The largest absolute Gasteiger partial charge is 0.379 e. The van der Waals surface area contributed by atoms with Gasteiger partial charge in [0, 0.05) is 29.2 Å². The van der Waals surface area contributed by atoms with Crippen molar-refractivity contribution in [3.05, 3.63) is 101 Å². The number of morpholine rings is 1. The lowest BCUT2D eigenvalue weighted by molar-refractivity contribution is 0.0729. The fraction of sp³-hybridized carbons (Fsp3) is 0.267. The second kappa shape index (κ2) is 10.2. The quantitative estimate of drug-likeness (QED) is 0.236. The smallest absolute Gasteiger partial charge is 0.170 e. The summed E-state index contributed by atoms with van der Waals surface area (Å²) in [6.07, 6.45) is 2.26.